The third kappa shape index (κ3) is 3.48. The first kappa shape index (κ1) is 14.8. The molecular weight excluding hydrogens is 240 g/mol. The number of primary amides is 1. The SMILES string of the molecule is CC(C)C1CCC(NCC2CCCO2)(C(N)=O)CC1. The van der Waals surface area contributed by atoms with Crippen LogP contribution in [0.5, 0.6) is 0 Å². The maximum atomic E-state index is 11.9. The highest BCUT2D eigenvalue weighted by Crippen LogP contribution is 2.35. The van der Waals surface area contributed by atoms with E-state index in [2.05, 4.69) is 19.2 Å². The van der Waals surface area contributed by atoms with Gasteiger partial charge in [-0.3, -0.25) is 4.79 Å². The van der Waals surface area contributed by atoms with E-state index in [-0.39, 0.29) is 12.0 Å². The number of hydrogen-bond acceptors (Lipinski definition) is 3. The van der Waals surface area contributed by atoms with Gasteiger partial charge in [0.15, 0.2) is 0 Å². The number of amides is 1. The van der Waals surface area contributed by atoms with E-state index >= 15 is 0 Å². The molecule has 4 heteroatoms. The summed E-state index contributed by atoms with van der Waals surface area (Å²) in [6.45, 7) is 6.14. The number of carbonyl (C=O) groups is 1. The van der Waals surface area contributed by atoms with Crippen LogP contribution in [0.1, 0.15) is 52.4 Å². The van der Waals surface area contributed by atoms with Crippen LogP contribution < -0.4 is 11.1 Å². The molecule has 1 aliphatic heterocycles. The Morgan fingerprint density at radius 3 is 2.53 bits per heavy atom. The first-order valence-corrected chi connectivity index (χ1v) is 7.70. The van der Waals surface area contributed by atoms with Crippen LogP contribution in [0, 0.1) is 11.8 Å². The van der Waals surface area contributed by atoms with Gasteiger partial charge in [0.05, 0.1) is 11.6 Å². The molecule has 1 atom stereocenters. The fraction of sp³-hybridized carbons (Fsp3) is 0.933. The lowest BCUT2D eigenvalue weighted by Gasteiger charge is -2.40. The third-order valence-corrected chi connectivity index (χ3v) is 4.99. The van der Waals surface area contributed by atoms with Crippen LogP contribution in [-0.4, -0.2) is 30.7 Å². The number of nitrogens with one attached hydrogen (secondary N) is 1. The van der Waals surface area contributed by atoms with Crippen molar-refractivity contribution in [2.45, 2.75) is 64.0 Å². The fourth-order valence-electron chi connectivity index (χ4n) is 3.42. The summed E-state index contributed by atoms with van der Waals surface area (Å²) in [6, 6.07) is 0. The topological polar surface area (TPSA) is 64.3 Å². The van der Waals surface area contributed by atoms with Gasteiger partial charge in [0.1, 0.15) is 0 Å². The largest absolute Gasteiger partial charge is 0.377 e. The number of nitrogens with two attached hydrogens (primary N) is 1. The molecule has 0 bridgehead atoms. The highest BCUT2D eigenvalue weighted by molar-refractivity contribution is 5.84. The van der Waals surface area contributed by atoms with Gasteiger partial charge >= 0.3 is 0 Å². The molecular formula is C15H28N2O2. The summed E-state index contributed by atoms with van der Waals surface area (Å²) in [7, 11) is 0. The monoisotopic (exact) mass is 268 g/mol. The summed E-state index contributed by atoms with van der Waals surface area (Å²) >= 11 is 0. The van der Waals surface area contributed by atoms with Gasteiger partial charge in [-0.25, -0.2) is 0 Å². The van der Waals surface area contributed by atoms with Crippen LogP contribution >= 0.6 is 0 Å². The Bertz CT molecular complexity index is 303. The fourth-order valence-corrected chi connectivity index (χ4v) is 3.42. The van der Waals surface area contributed by atoms with Crippen molar-refractivity contribution < 1.29 is 9.53 Å². The molecule has 1 saturated heterocycles. The van der Waals surface area contributed by atoms with Crippen molar-refractivity contribution in [3.63, 3.8) is 0 Å². The first-order valence-electron chi connectivity index (χ1n) is 7.70. The molecule has 0 radical (unpaired) electrons. The molecule has 0 aromatic rings. The zero-order chi connectivity index (χ0) is 13.9. The second-order valence-corrected chi connectivity index (χ2v) is 6.54. The molecule has 19 heavy (non-hydrogen) atoms. The maximum absolute atomic E-state index is 11.9. The van der Waals surface area contributed by atoms with E-state index in [4.69, 9.17) is 10.5 Å². The molecule has 0 aromatic heterocycles. The molecule has 1 unspecified atom stereocenters. The van der Waals surface area contributed by atoms with Crippen molar-refractivity contribution in [2.75, 3.05) is 13.2 Å². The molecule has 4 nitrogen and oxygen atoms in total. The lowest BCUT2D eigenvalue weighted by molar-refractivity contribution is -0.126. The Kier molecular flexibility index (Phi) is 4.85. The van der Waals surface area contributed by atoms with Crippen LogP contribution in [-0.2, 0) is 9.53 Å². The van der Waals surface area contributed by atoms with E-state index in [0.29, 0.717) is 5.92 Å². The third-order valence-electron chi connectivity index (χ3n) is 4.99. The van der Waals surface area contributed by atoms with Crippen molar-refractivity contribution in [1.29, 1.82) is 0 Å². The van der Waals surface area contributed by atoms with Gasteiger partial charge in [0, 0.05) is 13.2 Å². The number of carbonyl (C=O) groups excluding carboxylic acids is 1. The Morgan fingerprint density at radius 2 is 2.05 bits per heavy atom. The van der Waals surface area contributed by atoms with Crippen LogP contribution in [0.4, 0.5) is 0 Å². The van der Waals surface area contributed by atoms with Gasteiger partial charge in [-0.15, -0.1) is 0 Å². The number of hydrogen-bond donors (Lipinski definition) is 2. The van der Waals surface area contributed by atoms with Crippen molar-refractivity contribution in [1.82, 2.24) is 5.32 Å². The Morgan fingerprint density at radius 1 is 1.37 bits per heavy atom. The van der Waals surface area contributed by atoms with E-state index < -0.39 is 5.54 Å². The van der Waals surface area contributed by atoms with Crippen LogP contribution in [0.3, 0.4) is 0 Å². The van der Waals surface area contributed by atoms with Crippen LogP contribution in [0.15, 0.2) is 0 Å². The molecule has 1 saturated carbocycles. The molecule has 2 rings (SSSR count). The van der Waals surface area contributed by atoms with Crippen LogP contribution in [0.2, 0.25) is 0 Å². The second kappa shape index (κ2) is 6.23. The van der Waals surface area contributed by atoms with Crippen LogP contribution in [0.25, 0.3) is 0 Å². The van der Waals surface area contributed by atoms with E-state index in [1.165, 1.54) is 0 Å². The molecule has 0 aromatic carbocycles. The average Bonchev–Trinajstić information content (AvgIpc) is 2.89. The highest BCUT2D eigenvalue weighted by Gasteiger charge is 2.41. The predicted octanol–water partition coefficient (Wildman–Crippen LogP) is 1.83. The zero-order valence-electron chi connectivity index (χ0n) is 12.3. The van der Waals surface area contributed by atoms with Crippen molar-refractivity contribution in [2.24, 2.45) is 17.6 Å². The van der Waals surface area contributed by atoms with E-state index in [1.54, 1.807) is 0 Å². The molecule has 3 N–H and O–H groups in total. The smallest absolute Gasteiger partial charge is 0.237 e. The maximum Gasteiger partial charge on any atom is 0.237 e. The molecule has 2 fully saturated rings. The normalized spacial score (nSPS) is 35.7. The summed E-state index contributed by atoms with van der Waals surface area (Å²) in [5.41, 5.74) is 5.18. The first-order chi connectivity index (χ1) is 9.03. The van der Waals surface area contributed by atoms with Gasteiger partial charge in [-0.1, -0.05) is 13.8 Å². The quantitative estimate of drug-likeness (QED) is 0.799. The zero-order valence-corrected chi connectivity index (χ0v) is 12.3. The highest BCUT2D eigenvalue weighted by atomic mass is 16.5. The van der Waals surface area contributed by atoms with Gasteiger partial charge in [-0.2, -0.15) is 0 Å². The second-order valence-electron chi connectivity index (χ2n) is 6.54. The summed E-state index contributed by atoms with van der Waals surface area (Å²) in [4.78, 5) is 11.9. The molecule has 2 aliphatic rings. The van der Waals surface area contributed by atoms with Crippen molar-refractivity contribution in [3.05, 3.63) is 0 Å². The van der Waals surface area contributed by atoms with Gasteiger partial charge in [0.25, 0.3) is 0 Å². The Labute approximate surface area is 116 Å². The van der Waals surface area contributed by atoms with Crippen molar-refractivity contribution >= 4 is 5.91 Å². The lowest BCUT2D eigenvalue weighted by Crippen LogP contribution is -2.58. The van der Waals surface area contributed by atoms with E-state index in [1.807, 2.05) is 0 Å². The minimum Gasteiger partial charge on any atom is -0.377 e. The predicted molar refractivity (Wildman–Crippen MR) is 75.7 cm³/mol. The lowest BCUT2D eigenvalue weighted by atomic mass is 9.72. The van der Waals surface area contributed by atoms with Crippen molar-refractivity contribution in [3.8, 4) is 0 Å². The average molecular weight is 268 g/mol. The minimum atomic E-state index is -0.489. The number of ether oxygens (including phenoxy) is 1. The number of rotatable bonds is 5. The molecule has 0 spiro atoms. The molecule has 1 aliphatic carbocycles. The molecule has 110 valence electrons. The summed E-state index contributed by atoms with van der Waals surface area (Å²) in [6.07, 6.45) is 6.43. The Balaban J connectivity index is 1.89. The van der Waals surface area contributed by atoms with Gasteiger partial charge in [0.2, 0.25) is 5.91 Å². The minimum absolute atomic E-state index is 0.187. The van der Waals surface area contributed by atoms with E-state index in [0.717, 1.165) is 57.6 Å². The molecule has 1 heterocycles. The van der Waals surface area contributed by atoms with Gasteiger partial charge < -0.3 is 15.8 Å². The summed E-state index contributed by atoms with van der Waals surface area (Å²) in [5.74, 6) is 1.24. The Hall–Kier alpha value is -0.610. The van der Waals surface area contributed by atoms with E-state index in [9.17, 15) is 4.79 Å². The van der Waals surface area contributed by atoms with Gasteiger partial charge in [-0.05, 0) is 50.4 Å². The summed E-state index contributed by atoms with van der Waals surface area (Å²) in [5, 5.41) is 3.44. The summed E-state index contributed by atoms with van der Waals surface area (Å²) < 4.78 is 5.61. The molecule has 1 amide bonds. The standard InChI is InChI=1S/C15H28N2O2/c1-11(2)12-5-7-15(8-6-12,14(16)18)17-10-13-4-3-9-19-13/h11-13,17H,3-10H2,1-2H3,(H2,16,18).